The van der Waals surface area contributed by atoms with Crippen LogP contribution in [0.25, 0.3) is 0 Å². The quantitative estimate of drug-likeness (QED) is 0.808. The molecular formula is C17H27ClN2. The molecule has 112 valence electrons. The minimum absolute atomic E-state index is 0.453. The third-order valence-corrected chi connectivity index (χ3v) is 4.35. The van der Waals surface area contributed by atoms with Crippen molar-refractivity contribution in [1.29, 1.82) is 0 Å². The second-order valence-corrected chi connectivity index (χ2v) is 6.19. The summed E-state index contributed by atoms with van der Waals surface area (Å²) in [6, 6.07) is 8.77. The van der Waals surface area contributed by atoms with E-state index in [1.807, 2.05) is 12.1 Å². The number of hydrogen-bond acceptors (Lipinski definition) is 2. The van der Waals surface area contributed by atoms with Gasteiger partial charge in [-0.1, -0.05) is 37.1 Å². The fourth-order valence-corrected chi connectivity index (χ4v) is 3.02. The number of halogens is 1. The van der Waals surface area contributed by atoms with Crippen LogP contribution in [0.2, 0.25) is 5.02 Å². The molecule has 1 aromatic rings. The van der Waals surface area contributed by atoms with Crippen molar-refractivity contribution in [2.45, 2.75) is 45.1 Å². The average Bonchev–Trinajstić information content (AvgIpc) is 2.50. The van der Waals surface area contributed by atoms with Crippen LogP contribution >= 0.6 is 11.6 Å². The highest BCUT2D eigenvalue weighted by Gasteiger charge is 2.15. The van der Waals surface area contributed by atoms with Crippen molar-refractivity contribution in [3.8, 4) is 0 Å². The Bertz CT molecular complexity index is 371. The zero-order valence-corrected chi connectivity index (χ0v) is 13.3. The predicted molar refractivity (Wildman–Crippen MR) is 87.4 cm³/mol. The highest BCUT2D eigenvalue weighted by atomic mass is 35.5. The number of likely N-dealkylation sites (tertiary alicyclic amines) is 1. The molecule has 1 aliphatic rings. The first-order valence-electron chi connectivity index (χ1n) is 8.01. The van der Waals surface area contributed by atoms with Gasteiger partial charge in [0.1, 0.15) is 0 Å². The molecule has 1 aliphatic heterocycles. The Morgan fingerprint density at radius 1 is 1.15 bits per heavy atom. The average molecular weight is 295 g/mol. The Morgan fingerprint density at radius 3 is 2.50 bits per heavy atom. The second kappa shape index (κ2) is 8.66. The first-order chi connectivity index (χ1) is 9.79. The lowest BCUT2D eigenvalue weighted by Crippen LogP contribution is -2.33. The van der Waals surface area contributed by atoms with Crippen LogP contribution in [0.3, 0.4) is 0 Å². The molecule has 0 saturated carbocycles. The molecular weight excluding hydrogens is 268 g/mol. The smallest absolute Gasteiger partial charge is 0.0406 e. The molecule has 0 bridgehead atoms. The fraction of sp³-hybridized carbons (Fsp3) is 0.647. The van der Waals surface area contributed by atoms with Gasteiger partial charge in [-0.15, -0.1) is 0 Å². The Hall–Kier alpha value is -0.570. The van der Waals surface area contributed by atoms with Crippen molar-refractivity contribution in [3.05, 3.63) is 34.9 Å². The molecule has 1 N–H and O–H groups in total. The van der Waals surface area contributed by atoms with Crippen LogP contribution in [-0.2, 0) is 0 Å². The van der Waals surface area contributed by atoms with Gasteiger partial charge in [0.05, 0.1) is 0 Å². The highest BCUT2D eigenvalue weighted by molar-refractivity contribution is 6.30. The number of rotatable bonds is 7. The molecule has 2 nitrogen and oxygen atoms in total. The molecule has 0 aliphatic carbocycles. The largest absolute Gasteiger partial charge is 0.310 e. The molecule has 1 saturated heterocycles. The van der Waals surface area contributed by atoms with E-state index >= 15 is 0 Å². The van der Waals surface area contributed by atoms with Crippen molar-refractivity contribution >= 4 is 11.6 Å². The van der Waals surface area contributed by atoms with E-state index in [2.05, 4.69) is 29.3 Å². The summed E-state index contributed by atoms with van der Waals surface area (Å²) in [4.78, 5) is 2.61. The highest BCUT2D eigenvalue weighted by Crippen LogP contribution is 2.21. The summed E-state index contributed by atoms with van der Waals surface area (Å²) in [7, 11) is 0. The van der Waals surface area contributed by atoms with Crippen LogP contribution in [-0.4, -0.2) is 31.1 Å². The van der Waals surface area contributed by atoms with E-state index in [1.165, 1.54) is 57.3 Å². The normalized spacial score (nSPS) is 18.1. The van der Waals surface area contributed by atoms with Gasteiger partial charge < -0.3 is 10.2 Å². The zero-order valence-electron chi connectivity index (χ0n) is 12.6. The summed E-state index contributed by atoms with van der Waals surface area (Å²) in [5, 5.41) is 4.49. The molecule has 2 rings (SSSR count). The van der Waals surface area contributed by atoms with Crippen LogP contribution < -0.4 is 5.32 Å². The van der Waals surface area contributed by atoms with E-state index in [-0.39, 0.29) is 0 Å². The second-order valence-electron chi connectivity index (χ2n) is 5.75. The summed E-state index contributed by atoms with van der Waals surface area (Å²) < 4.78 is 0. The molecule has 0 radical (unpaired) electrons. The first-order valence-corrected chi connectivity index (χ1v) is 8.38. The summed E-state index contributed by atoms with van der Waals surface area (Å²) in [6.45, 7) is 7.05. The SMILES string of the molecule is CCCNC(CCN1CCCCC1)c1ccc(Cl)cc1. The van der Waals surface area contributed by atoms with Gasteiger partial charge in [0.15, 0.2) is 0 Å². The van der Waals surface area contributed by atoms with Crippen LogP contribution in [0.5, 0.6) is 0 Å². The van der Waals surface area contributed by atoms with Gasteiger partial charge >= 0.3 is 0 Å². The molecule has 1 atom stereocenters. The molecule has 1 aromatic carbocycles. The Labute approximate surface area is 128 Å². The summed E-state index contributed by atoms with van der Waals surface area (Å²) in [5.74, 6) is 0. The zero-order chi connectivity index (χ0) is 14.2. The van der Waals surface area contributed by atoms with Crippen LogP contribution in [0.15, 0.2) is 24.3 Å². The van der Waals surface area contributed by atoms with E-state index in [1.54, 1.807) is 0 Å². The van der Waals surface area contributed by atoms with Crippen molar-refractivity contribution in [2.24, 2.45) is 0 Å². The van der Waals surface area contributed by atoms with Crippen LogP contribution in [0.1, 0.15) is 50.6 Å². The van der Waals surface area contributed by atoms with Crippen molar-refractivity contribution in [2.75, 3.05) is 26.2 Å². The van der Waals surface area contributed by atoms with Gasteiger partial charge in [0.25, 0.3) is 0 Å². The van der Waals surface area contributed by atoms with Gasteiger partial charge in [-0.25, -0.2) is 0 Å². The molecule has 1 heterocycles. The van der Waals surface area contributed by atoms with E-state index in [4.69, 9.17) is 11.6 Å². The van der Waals surface area contributed by atoms with Gasteiger partial charge in [-0.2, -0.15) is 0 Å². The number of benzene rings is 1. The molecule has 1 fully saturated rings. The summed E-state index contributed by atoms with van der Waals surface area (Å²) >= 11 is 5.99. The monoisotopic (exact) mass is 294 g/mol. The third kappa shape index (κ3) is 5.08. The van der Waals surface area contributed by atoms with Gasteiger partial charge in [0.2, 0.25) is 0 Å². The summed E-state index contributed by atoms with van der Waals surface area (Å²) in [5.41, 5.74) is 1.36. The molecule has 0 amide bonds. The van der Waals surface area contributed by atoms with Crippen molar-refractivity contribution < 1.29 is 0 Å². The number of nitrogens with zero attached hydrogens (tertiary/aromatic N) is 1. The fourth-order valence-electron chi connectivity index (χ4n) is 2.89. The molecule has 0 spiro atoms. The van der Waals surface area contributed by atoms with Gasteiger partial charge in [-0.3, -0.25) is 0 Å². The molecule has 1 unspecified atom stereocenters. The number of hydrogen-bond donors (Lipinski definition) is 1. The Kier molecular flexibility index (Phi) is 6.85. The van der Waals surface area contributed by atoms with E-state index < -0.39 is 0 Å². The van der Waals surface area contributed by atoms with E-state index in [0.29, 0.717) is 6.04 Å². The van der Waals surface area contributed by atoms with Crippen LogP contribution in [0, 0.1) is 0 Å². The standard InChI is InChI=1S/C17H27ClN2/c1-2-11-19-17(15-6-8-16(18)9-7-15)10-14-20-12-4-3-5-13-20/h6-9,17,19H,2-5,10-14H2,1H3. The minimum atomic E-state index is 0.453. The Morgan fingerprint density at radius 2 is 1.85 bits per heavy atom. The van der Waals surface area contributed by atoms with E-state index in [0.717, 1.165) is 11.6 Å². The minimum Gasteiger partial charge on any atom is -0.310 e. The lowest BCUT2D eigenvalue weighted by molar-refractivity contribution is 0.217. The molecule has 3 heteroatoms. The lowest BCUT2D eigenvalue weighted by atomic mass is 10.0. The predicted octanol–water partition coefficient (Wildman–Crippen LogP) is 4.26. The topological polar surface area (TPSA) is 15.3 Å². The van der Waals surface area contributed by atoms with Crippen molar-refractivity contribution in [3.63, 3.8) is 0 Å². The first kappa shape index (κ1) is 15.8. The van der Waals surface area contributed by atoms with E-state index in [9.17, 15) is 0 Å². The van der Waals surface area contributed by atoms with Crippen molar-refractivity contribution in [1.82, 2.24) is 10.2 Å². The summed E-state index contributed by atoms with van der Waals surface area (Å²) in [6.07, 6.45) is 6.50. The maximum absolute atomic E-state index is 5.99. The molecule has 20 heavy (non-hydrogen) atoms. The lowest BCUT2D eigenvalue weighted by Gasteiger charge is -2.28. The molecule has 0 aromatic heterocycles. The van der Waals surface area contributed by atoms with Gasteiger partial charge in [-0.05, 0) is 69.6 Å². The van der Waals surface area contributed by atoms with Gasteiger partial charge in [0, 0.05) is 11.1 Å². The maximum Gasteiger partial charge on any atom is 0.0406 e. The van der Waals surface area contributed by atoms with Crippen LogP contribution in [0.4, 0.5) is 0 Å². The number of nitrogens with one attached hydrogen (secondary N) is 1. The maximum atomic E-state index is 5.99. The number of piperidine rings is 1. The Balaban J connectivity index is 1.90. The third-order valence-electron chi connectivity index (χ3n) is 4.10.